The Hall–Kier alpha value is -2.57. The van der Waals surface area contributed by atoms with Crippen LogP contribution in [0.2, 0.25) is 0 Å². The molecule has 0 aliphatic carbocycles. The van der Waals surface area contributed by atoms with Gasteiger partial charge in [0.15, 0.2) is 0 Å². The van der Waals surface area contributed by atoms with E-state index in [4.69, 9.17) is 10.5 Å². The molecule has 1 fully saturated rings. The highest BCUT2D eigenvalue weighted by atomic mass is 16.5. The number of hydrogen-bond acceptors (Lipinski definition) is 6. The van der Waals surface area contributed by atoms with Gasteiger partial charge >= 0.3 is 5.97 Å². The number of esters is 1. The maximum Gasteiger partial charge on any atom is 0.338 e. The fourth-order valence-corrected chi connectivity index (χ4v) is 1.99. The Labute approximate surface area is 115 Å². The molecule has 7 heteroatoms. The van der Waals surface area contributed by atoms with Crippen molar-refractivity contribution >= 4 is 29.2 Å². The maximum atomic E-state index is 11.6. The molecule has 2 rings (SSSR count). The molecule has 106 valence electrons. The number of benzene rings is 1. The molecule has 1 aromatic rings. The number of nitrogen functional groups attached to an aromatic ring is 1. The van der Waals surface area contributed by atoms with Gasteiger partial charge in [-0.05, 0) is 25.1 Å². The smallest absolute Gasteiger partial charge is 0.338 e. The number of nitrogens with zero attached hydrogens (tertiary/aromatic N) is 1. The van der Waals surface area contributed by atoms with Gasteiger partial charge in [-0.25, -0.2) is 4.79 Å². The lowest BCUT2D eigenvalue weighted by atomic mass is 10.1. The Morgan fingerprint density at radius 2 is 2.00 bits per heavy atom. The molecule has 2 amide bonds. The van der Waals surface area contributed by atoms with Crippen molar-refractivity contribution in [2.45, 2.75) is 6.92 Å². The molecule has 3 N–H and O–H groups in total. The van der Waals surface area contributed by atoms with E-state index in [0.717, 1.165) is 0 Å². The van der Waals surface area contributed by atoms with Crippen molar-refractivity contribution < 1.29 is 19.1 Å². The van der Waals surface area contributed by atoms with Crippen LogP contribution in [-0.2, 0) is 14.3 Å². The number of carbonyl (C=O) groups excluding carboxylic acids is 3. The molecule has 0 aromatic heterocycles. The van der Waals surface area contributed by atoms with Crippen LogP contribution in [0.4, 0.5) is 11.4 Å². The fourth-order valence-electron chi connectivity index (χ4n) is 1.99. The third-order valence-electron chi connectivity index (χ3n) is 2.83. The van der Waals surface area contributed by atoms with Crippen molar-refractivity contribution in [2.75, 3.05) is 30.3 Å². The molecule has 7 nitrogen and oxygen atoms in total. The van der Waals surface area contributed by atoms with Gasteiger partial charge in [0.25, 0.3) is 0 Å². The van der Waals surface area contributed by atoms with Crippen LogP contribution in [0.5, 0.6) is 0 Å². The molecule has 1 heterocycles. The zero-order valence-corrected chi connectivity index (χ0v) is 11.0. The zero-order chi connectivity index (χ0) is 14.7. The van der Waals surface area contributed by atoms with Gasteiger partial charge in [-0.15, -0.1) is 0 Å². The minimum atomic E-state index is -0.460. The van der Waals surface area contributed by atoms with E-state index in [2.05, 4.69) is 5.32 Å². The van der Waals surface area contributed by atoms with Gasteiger partial charge in [-0.1, -0.05) is 0 Å². The predicted octanol–water partition coefficient (Wildman–Crippen LogP) is -0.0917. The third kappa shape index (κ3) is 2.87. The predicted molar refractivity (Wildman–Crippen MR) is 72.2 cm³/mol. The lowest BCUT2D eigenvalue weighted by molar-refractivity contribution is -0.130. The summed E-state index contributed by atoms with van der Waals surface area (Å²) in [6, 6.07) is 4.64. The van der Waals surface area contributed by atoms with Crippen molar-refractivity contribution in [3.63, 3.8) is 0 Å². The number of amides is 2. The molecule has 0 spiro atoms. The highest BCUT2D eigenvalue weighted by molar-refractivity contribution is 6.03. The summed E-state index contributed by atoms with van der Waals surface area (Å²) in [5, 5.41) is 2.21. The average Bonchev–Trinajstić information content (AvgIpc) is 2.37. The molecule has 1 saturated heterocycles. The van der Waals surface area contributed by atoms with E-state index in [1.165, 1.54) is 6.07 Å². The van der Waals surface area contributed by atoms with Gasteiger partial charge < -0.3 is 15.4 Å². The number of nitrogens with one attached hydrogen (secondary N) is 1. The van der Waals surface area contributed by atoms with Crippen molar-refractivity contribution in [3.8, 4) is 0 Å². The number of carbonyl (C=O) groups is 3. The summed E-state index contributed by atoms with van der Waals surface area (Å²) in [6.45, 7) is 2.10. The standard InChI is InChI=1S/C13H15N3O4/c1-2-20-13(19)8-3-4-10(9(14)5-8)16-6-11(17)15-12(18)7-16/h3-5H,2,6-7,14H2,1H3,(H,15,17,18). The molecular weight excluding hydrogens is 262 g/mol. The first-order valence-corrected chi connectivity index (χ1v) is 6.15. The van der Waals surface area contributed by atoms with Gasteiger partial charge in [0.2, 0.25) is 11.8 Å². The Bertz CT molecular complexity index is 555. The summed E-state index contributed by atoms with van der Waals surface area (Å²) in [7, 11) is 0. The second-order valence-corrected chi connectivity index (χ2v) is 4.32. The van der Waals surface area contributed by atoms with Gasteiger partial charge in [0, 0.05) is 0 Å². The number of anilines is 2. The van der Waals surface area contributed by atoms with Gasteiger partial charge in [-0.2, -0.15) is 0 Å². The Balaban J connectivity index is 2.23. The summed E-state index contributed by atoms with van der Waals surface area (Å²) >= 11 is 0. The van der Waals surface area contributed by atoms with Gasteiger partial charge in [-0.3, -0.25) is 14.9 Å². The number of imide groups is 1. The minimum absolute atomic E-state index is 0.0503. The Kier molecular flexibility index (Phi) is 3.88. The zero-order valence-electron chi connectivity index (χ0n) is 11.0. The van der Waals surface area contributed by atoms with Crippen LogP contribution in [0.1, 0.15) is 17.3 Å². The van der Waals surface area contributed by atoms with E-state index in [1.807, 2.05) is 0 Å². The second-order valence-electron chi connectivity index (χ2n) is 4.32. The Morgan fingerprint density at radius 3 is 2.55 bits per heavy atom. The molecule has 0 bridgehead atoms. The van der Waals surface area contributed by atoms with Crippen LogP contribution in [0.3, 0.4) is 0 Å². The number of hydrogen-bond donors (Lipinski definition) is 2. The second kappa shape index (κ2) is 5.60. The first kappa shape index (κ1) is 13.9. The van der Waals surface area contributed by atoms with Crippen LogP contribution >= 0.6 is 0 Å². The van der Waals surface area contributed by atoms with E-state index in [0.29, 0.717) is 16.9 Å². The maximum absolute atomic E-state index is 11.6. The van der Waals surface area contributed by atoms with E-state index in [1.54, 1.807) is 24.0 Å². The van der Waals surface area contributed by atoms with Crippen LogP contribution < -0.4 is 16.0 Å². The first-order valence-electron chi connectivity index (χ1n) is 6.15. The molecule has 0 unspecified atom stereocenters. The SMILES string of the molecule is CCOC(=O)c1ccc(N2CC(=O)NC(=O)C2)c(N)c1. The molecule has 20 heavy (non-hydrogen) atoms. The van der Waals surface area contributed by atoms with Crippen LogP contribution in [-0.4, -0.2) is 37.5 Å². The van der Waals surface area contributed by atoms with E-state index in [9.17, 15) is 14.4 Å². The largest absolute Gasteiger partial charge is 0.462 e. The molecular formula is C13H15N3O4. The van der Waals surface area contributed by atoms with E-state index in [-0.39, 0.29) is 31.5 Å². The van der Waals surface area contributed by atoms with Crippen LogP contribution in [0.15, 0.2) is 18.2 Å². The fraction of sp³-hybridized carbons (Fsp3) is 0.308. The van der Waals surface area contributed by atoms with Crippen molar-refractivity contribution in [2.24, 2.45) is 0 Å². The highest BCUT2D eigenvalue weighted by Gasteiger charge is 2.24. The van der Waals surface area contributed by atoms with Crippen LogP contribution in [0.25, 0.3) is 0 Å². The molecule has 1 aromatic carbocycles. The normalized spacial score (nSPS) is 14.9. The Morgan fingerprint density at radius 1 is 1.35 bits per heavy atom. The number of rotatable bonds is 3. The van der Waals surface area contributed by atoms with E-state index < -0.39 is 5.97 Å². The minimum Gasteiger partial charge on any atom is -0.462 e. The summed E-state index contributed by atoms with van der Waals surface area (Å²) in [6.07, 6.45) is 0. The number of piperazine rings is 1. The molecule has 0 saturated carbocycles. The van der Waals surface area contributed by atoms with Crippen molar-refractivity contribution in [3.05, 3.63) is 23.8 Å². The topological polar surface area (TPSA) is 102 Å². The van der Waals surface area contributed by atoms with E-state index >= 15 is 0 Å². The van der Waals surface area contributed by atoms with Gasteiger partial charge in [0.05, 0.1) is 36.6 Å². The third-order valence-corrected chi connectivity index (χ3v) is 2.83. The number of ether oxygens (including phenoxy) is 1. The summed E-state index contributed by atoms with van der Waals surface area (Å²) in [5.41, 5.74) is 7.08. The first-order chi connectivity index (χ1) is 9.51. The monoisotopic (exact) mass is 277 g/mol. The van der Waals surface area contributed by atoms with Crippen LogP contribution in [0, 0.1) is 0 Å². The lowest BCUT2D eigenvalue weighted by Crippen LogP contribution is -2.51. The van der Waals surface area contributed by atoms with Gasteiger partial charge in [0.1, 0.15) is 0 Å². The number of nitrogens with two attached hydrogens (primary N) is 1. The van der Waals surface area contributed by atoms with Crippen molar-refractivity contribution in [1.29, 1.82) is 0 Å². The lowest BCUT2D eigenvalue weighted by Gasteiger charge is -2.28. The summed E-state index contributed by atoms with van der Waals surface area (Å²) in [5.74, 6) is -1.22. The summed E-state index contributed by atoms with van der Waals surface area (Å²) < 4.78 is 4.88. The highest BCUT2D eigenvalue weighted by Crippen LogP contribution is 2.25. The molecule has 0 atom stereocenters. The summed E-state index contributed by atoms with van der Waals surface area (Å²) in [4.78, 5) is 35.8. The average molecular weight is 277 g/mol. The quantitative estimate of drug-likeness (QED) is 0.455. The molecule has 1 aliphatic rings. The van der Waals surface area contributed by atoms with Crippen molar-refractivity contribution in [1.82, 2.24) is 5.32 Å². The molecule has 0 radical (unpaired) electrons. The molecule has 1 aliphatic heterocycles.